The molecule has 0 bridgehead atoms. The summed E-state index contributed by atoms with van der Waals surface area (Å²) in [5.74, 6) is 0.480. The number of thioether (sulfide) groups is 1. The first-order valence-electron chi connectivity index (χ1n) is 8.27. The smallest absolute Gasteiger partial charge is 0.210 e. The molecule has 1 heterocycles. The summed E-state index contributed by atoms with van der Waals surface area (Å²) in [7, 11) is 0. The van der Waals surface area contributed by atoms with Gasteiger partial charge in [-0.05, 0) is 34.0 Å². The van der Waals surface area contributed by atoms with Gasteiger partial charge in [0.2, 0.25) is 5.16 Å². The fourth-order valence-electron chi connectivity index (χ4n) is 2.78. The highest BCUT2D eigenvalue weighted by Gasteiger charge is 2.07. The van der Waals surface area contributed by atoms with Gasteiger partial charge in [-0.15, -0.1) is 10.2 Å². The van der Waals surface area contributed by atoms with E-state index in [1.165, 1.54) is 28.5 Å². The fourth-order valence-corrected chi connectivity index (χ4v) is 3.62. The number of hydrogen-bond acceptors (Lipinski definition) is 4. The lowest BCUT2D eigenvalue weighted by Crippen LogP contribution is -2.14. The van der Waals surface area contributed by atoms with E-state index >= 15 is 0 Å². The number of fused-ring (bicyclic) bond motifs is 1. The molecule has 0 unspecified atom stereocenters. The second-order valence-electron chi connectivity index (χ2n) is 5.87. The summed E-state index contributed by atoms with van der Waals surface area (Å²) in [4.78, 5) is 0. The van der Waals surface area contributed by atoms with E-state index in [1.807, 2.05) is 10.7 Å². The van der Waals surface area contributed by atoms with Gasteiger partial charge in [0.1, 0.15) is 12.1 Å². The van der Waals surface area contributed by atoms with Gasteiger partial charge in [0.05, 0.1) is 6.54 Å². The molecule has 3 aromatic carbocycles. The van der Waals surface area contributed by atoms with E-state index in [0.717, 1.165) is 10.7 Å². The topological polar surface area (TPSA) is 42.7 Å². The predicted molar refractivity (Wildman–Crippen MR) is 103 cm³/mol. The number of rotatable bonds is 6. The van der Waals surface area contributed by atoms with Crippen molar-refractivity contribution < 1.29 is 4.39 Å². The molecular formula is C20H17FN4S. The average Bonchev–Trinajstić information content (AvgIpc) is 3.13. The normalized spacial score (nSPS) is 11.0. The van der Waals surface area contributed by atoms with E-state index in [4.69, 9.17) is 0 Å². The summed E-state index contributed by atoms with van der Waals surface area (Å²) in [6, 6.07) is 21.1. The summed E-state index contributed by atoms with van der Waals surface area (Å²) in [6.45, 7) is 0.670. The highest BCUT2D eigenvalue weighted by molar-refractivity contribution is 7.98. The number of benzene rings is 3. The van der Waals surface area contributed by atoms with Crippen LogP contribution in [-0.2, 0) is 12.3 Å². The van der Waals surface area contributed by atoms with Crippen LogP contribution in [0.1, 0.15) is 11.1 Å². The van der Waals surface area contributed by atoms with E-state index in [0.29, 0.717) is 12.3 Å². The molecule has 4 nitrogen and oxygen atoms in total. The third-order valence-electron chi connectivity index (χ3n) is 4.12. The fraction of sp³-hybridized carbons (Fsp3) is 0.100. The summed E-state index contributed by atoms with van der Waals surface area (Å²) in [5.41, 5.74) is 5.61. The Morgan fingerprint density at radius 1 is 0.962 bits per heavy atom. The van der Waals surface area contributed by atoms with Crippen LogP contribution in [0.15, 0.2) is 78.2 Å². The van der Waals surface area contributed by atoms with E-state index in [2.05, 4.69) is 52.0 Å². The van der Waals surface area contributed by atoms with E-state index in [9.17, 15) is 4.39 Å². The third kappa shape index (κ3) is 3.70. The van der Waals surface area contributed by atoms with Crippen LogP contribution in [0, 0.1) is 5.82 Å². The first kappa shape index (κ1) is 16.6. The minimum Gasteiger partial charge on any atom is -0.318 e. The van der Waals surface area contributed by atoms with Gasteiger partial charge >= 0.3 is 0 Å². The van der Waals surface area contributed by atoms with Crippen molar-refractivity contribution in [2.24, 2.45) is 0 Å². The Kier molecular flexibility index (Phi) is 4.84. The average molecular weight is 364 g/mol. The molecule has 130 valence electrons. The van der Waals surface area contributed by atoms with Crippen LogP contribution in [0.25, 0.3) is 10.8 Å². The molecule has 0 aliphatic heterocycles. The minimum atomic E-state index is -0.223. The molecule has 0 aliphatic carbocycles. The first-order chi connectivity index (χ1) is 12.8. The molecule has 4 rings (SSSR count). The molecule has 1 aromatic heterocycles. The van der Waals surface area contributed by atoms with Gasteiger partial charge < -0.3 is 5.43 Å². The molecule has 0 fully saturated rings. The van der Waals surface area contributed by atoms with Crippen LogP contribution in [-0.4, -0.2) is 14.9 Å². The van der Waals surface area contributed by atoms with Crippen LogP contribution in [0.2, 0.25) is 0 Å². The third-order valence-corrected chi connectivity index (χ3v) is 5.13. The van der Waals surface area contributed by atoms with E-state index < -0.39 is 0 Å². The number of aromatic nitrogens is 3. The van der Waals surface area contributed by atoms with Crippen molar-refractivity contribution >= 4 is 22.5 Å². The zero-order valence-electron chi connectivity index (χ0n) is 14.0. The van der Waals surface area contributed by atoms with Crippen LogP contribution in [0.5, 0.6) is 0 Å². The van der Waals surface area contributed by atoms with E-state index in [-0.39, 0.29) is 5.82 Å². The second kappa shape index (κ2) is 7.58. The van der Waals surface area contributed by atoms with Crippen molar-refractivity contribution in [3.05, 3.63) is 90.0 Å². The molecule has 0 saturated carbocycles. The molecule has 0 spiro atoms. The Morgan fingerprint density at radius 2 is 1.77 bits per heavy atom. The molecular weight excluding hydrogens is 347 g/mol. The molecule has 6 heteroatoms. The van der Waals surface area contributed by atoms with Gasteiger partial charge in [0, 0.05) is 5.75 Å². The van der Waals surface area contributed by atoms with Crippen molar-refractivity contribution in [3.63, 3.8) is 0 Å². The molecule has 0 aliphatic rings. The zero-order chi connectivity index (χ0) is 17.8. The van der Waals surface area contributed by atoms with Gasteiger partial charge in [-0.1, -0.05) is 66.4 Å². The molecule has 0 radical (unpaired) electrons. The van der Waals surface area contributed by atoms with Crippen molar-refractivity contribution in [2.45, 2.75) is 17.5 Å². The molecule has 0 atom stereocenters. The van der Waals surface area contributed by atoms with Crippen molar-refractivity contribution in [2.75, 3.05) is 5.43 Å². The lowest BCUT2D eigenvalue weighted by Gasteiger charge is -2.11. The lowest BCUT2D eigenvalue weighted by molar-refractivity contribution is 0.627. The Morgan fingerprint density at radius 3 is 2.65 bits per heavy atom. The highest BCUT2D eigenvalue weighted by atomic mass is 32.2. The zero-order valence-corrected chi connectivity index (χ0v) is 14.8. The second-order valence-corrected chi connectivity index (χ2v) is 6.81. The van der Waals surface area contributed by atoms with Gasteiger partial charge in [-0.3, -0.25) is 0 Å². The maximum atomic E-state index is 13.0. The van der Waals surface area contributed by atoms with Gasteiger partial charge in [-0.25, -0.2) is 9.07 Å². The summed E-state index contributed by atoms with van der Waals surface area (Å²) >= 11 is 1.56. The quantitative estimate of drug-likeness (QED) is 0.508. The van der Waals surface area contributed by atoms with Crippen LogP contribution in [0.3, 0.4) is 0 Å². The van der Waals surface area contributed by atoms with Crippen molar-refractivity contribution in [1.82, 2.24) is 14.9 Å². The highest BCUT2D eigenvalue weighted by Crippen LogP contribution is 2.21. The number of halogens is 1. The van der Waals surface area contributed by atoms with Crippen molar-refractivity contribution in [3.8, 4) is 0 Å². The standard InChI is InChI=1S/C20H17FN4S/c21-18-10-8-15(9-11-18)13-26-20-24-22-14-25(20)23-12-17-6-3-5-16-4-1-2-7-19(16)17/h1-11,14,23H,12-13H2. The Hall–Kier alpha value is -2.86. The van der Waals surface area contributed by atoms with Gasteiger partial charge in [0.25, 0.3) is 0 Å². The largest absolute Gasteiger partial charge is 0.318 e. The minimum absolute atomic E-state index is 0.223. The lowest BCUT2D eigenvalue weighted by atomic mass is 10.1. The molecule has 0 saturated heterocycles. The van der Waals surface area contributed by atoms with Gasteiger partial charge in [0.15, 0.2) is 0 Å². The van der Waals surface area contributed by atoms with E-state index in [1.54, 1.807) is 30.2 Å². The maximum Gasteiger partial charge on any atom is 0.210 e. The Balaban J connectivity index is 1.44. The SMILES string of the molecule is Fc1ccc(CSc2nncn2NCc2cccc3ccccc23)cc1. The summed E-state index contributed by atoms with van der Waals surface area (Å²) in [6.07, 6.45) is 1.66. The summed E-state index contributed by atoms with van der Waals surface area (Å²) in [5, 5.41) is 11.4. The van der Waals surface area contributed by atoms with Crippen LogP contribution >= 0.6 is 11.8 Å². The maximum absolute atomic E-state index is 13.0. The van der Waals surface area contributed by atoms with Crippen LogP contribution in [0.4, 0.5) is 4.39 Å². The van der Waals surface area contributed by atoms with Gasteiger partial charge in [-0.2, -0.15) is 0 Å². The Labute approximate surface area is 155 Å². The van der Waals surface area contributed by atoms with Crippen molar-refractivity contribution in [1.29, 1.82) is 0 Å². The molecule has 1 N–H and O–H groups in total. The number of nitrogens with one attached hydrogen (secondary N) is 1. The Bertz CT molecular complexity index is 1010. The molecule has 26 heavy (non-hydrogen) atoms. The molecule has 4 aromatic rings. The van der Waals surface area contributed by atoms with Crippen LogP contribution < -0.4 is 5.43 Å². The molecule has 0 amide bonds. The monoisotopic (exact) mass is 364 g/mol. The predicted octanol–water partition coefficient (Wildman–Crippen LogP) is 4.61. The number of hydrogen-bond donors (Lipinski definition) is 1. The first-order valence-corrected chi connectivity index (χ1v) is 9.26. The number of nitrogens with zero attached hydrogens (tertiary/aromatic N) is 3. The summed E-state index contributed by atoms with van der Waals surface area (Å²) < 4.78 is 14.8.